The molecule has 0 spiro atoms. The second kappa shape index (κ2) is 3.71. The van der Waals surface area contributed by atoms with Crippen molar-refractivity contribution in [3.05, 3.63) is 27.8 Å². The van der Waals surface area contributed by atoms with Crippen LogP contribution in [0, 0.1) is 0 Å². The molecule has 3 rings (SSSR count). The lowest BCUT2D eigenvalue weighted by molar-refractivity contribution is 0.656. The van der Waals surface area contributed by atoms with E-state index in [0.717, 1.165) is 30.8 Å². The van der Waals surface area contributed by atoms with Crippen molar-refractivity contribution in [1.82, 2.24) is 9.97 Å². The van der Waals surface area contributed by atoms with Crippen molar-refractivity contribution in [3.8, 4) is 11.3 Å². The van der Waals surface area contributed by atoms with E-state index in [-0.39, 0.29) is 6.04 Å². The standard InChI is InChI=1S/C12H15N3S/c1-2-8(13)12-14-9-3-4-10-7(5-6-16-10)11(9)15-12/h5-6,8H,2-4,13H2,1H3,(H,14,15). The number of aromatic amines is 1. The number of nitrogens with one attached hydrogen (secondary N) is 1. The minimum absolute atomic E-state index is 0.0349. The van der Waals surface area contributed by atoms with Crippen molar-refractivity contribution in [1.29, 1.82) is 0 Å². The van der Waals surface area contributed by atoms with Gasteiger partial charge in [0.25, 0.3) is 0 Å². The Morgan fingerprint density at radius 3 is 3.25 bits per heavy atom. The number of aryl methyl sites for hydroxylation is 2. The van der Waals surface area contributed by atoms with E-state index in [4.69, 9.17) is 5.73 Å². The summed E-state index contributed by atoms with van der Waals surface area (Å²) in [7, 11) is 0. The number of hydrogen-bond acceptors (Lipinski definition) is 3. The Morgan fingerprint density at radius 2 is 2.44 bits per heavy atom. The molecule has 4 heteroatoms. The Labute approximate surface area is 98.7 Å². The van der Waals surface area contributed by atoms with Crippen molar-refractivity contribution in [2.75, 3.05) is 0 Å². The molecule has 2 aromatic heterocycles. The number of thiophene rings is 1. The van der Waals surface area contributed by atoms with Crippen LogP contribution in [0.4, 0.5) is 0 Å². The first-order valence-electron chi connectivity index (χ1n) is 5.70. The molecule has 0 saturated heterocycles. The van der Waals surface area contributed by atoms with E-state index in [0.29, 0.717) is 0 Å². The quantitative estimate of drug-likeness (QED) is 0.837. The molecule has 0 radical (unpaired) electrons. The summed E-state index contributed by atoms with van der Waals surface area (Å²) in [5.41, 5.74) is 9.69. The molecule has 2 aromatic rings. The highest BCUT2D eigenvalue weighted by Crippen LogP contribution is 2.35. The lowest BCUT2D eigenvalue weighted by Crippen LogP contribution is -2.10. The number of nitrogens with zero attached hydrogens (tertiary/aromatic N) is 1. The van der Waals surface area contributed by atoms with Crippen LogP contribution in [-0.4, -0.2) is 9.97 Å². The summed E-state index contributed by atoms with van der Waals surface area (Å²) < 4.78 is 0. The minimum atomic E-state index is 0.0349. The summed E-state index contributed by atoms with van der Waals surface area (Å²) in [5.74, 6) is 0.937. The van der Waals surface area contributed by atoms with Crippen molar-refractivity contribution >= 4 is 11.3 Å². The zero-order valence-electron chi connectivity index (χ0n) is 9.29. The first-order valence-corrected chi connectivity index (χ1v) is 6.58. The molecule has 1 atom stereocenters. The van der Waals surface area contributed by atoms with Crippen LogP contribution >= 0.6 is 11.3 Å². The molecular formula is C12H15N3S. The normalized spacial score (nSPS) is 15.6. The molecule has 0 saturated carbocycles. The Hall–Kier alpha value is -1.13. The van der Waals surface area contributed by atoms with Crippen LogP contribution in [-0.2, 0) is 12.8 Å². The van der Waals surface area contributed by atoms with Gasteiger partial charge in [0.1, 0.15) is 5.82 Å². The van der Waals surface area contributed by atoms with E-state index in [2.05, 4.69) is 28.3 Å². The monoisotopic (exact) mass is 233 g/mol. The molecule has 0 bridgehead atoms. The van der Waals surface area contributed by atoms with Crippen molar-refractivity contribution in [2.24, 2.45) is 5.73 Å². The van der Waals surface area contributed by atoms with E-state index in [9.17, 15) is 0 Å². The topological polar surface area (TPSA) is 54.7 Å². The molecule has 3 nitrogen and oxygen atoms in total. The molecule has 0 aromatic carbocycles. The van der Waals surface area contributed by atoms with Crippen LogP contribution < -0.4 is 5.73 Å². The first-order chi connectivity index (χ1) is 7.79. The zero-order valence-corrected chi connectivity index (χ0v) is 10.1. The number of fused-ring (bicyclic) bond motifs is 3. The van der Waals surface area contributed by atoms with Gasteiger partial charge < -0.3 is 10.7 Å². The van der Waals surface area contributed by atoms with E-state index in [1.54, 1.807) is 0 Å². The van der Waals surface area contributed by atoms with E-state index in [1.807, 2.05) is 11.3 Å². The fourth-order valence-electron chi connectivity index (χ4n) is 2.19. The predicted octanol–water partition coefficient (Wildman–Crippen LogP) is 2.65. The largest absolute Gasteiger partial charge is 0.344 e. The maximum atomic E-state index is 6.01. The van der Waals surface area contributed by atoms with E-state index in [1.165, 1.54) is 16.1 Å². The summed E-state index contributed by atoms with van der Waals surface area (Å²) in [6.45, 7) is 2.09. The predicted molar refractivity (Wildman–Crippen MR) is 66.5 cm³/mol. The molecule has 1 aliphatic carbocycles. The van der Waals surface area contributed by atoms with E-state index < -0.39 is 0 Å². The third-order valence-corrected chi connectivity index (χ3v) is 4.17. The zero-order chi connectivity index (χ0) is 11.1. The Kier molecular flexibility index (Phi) is 2.33. The Balaban J connectivity index is 2.08. The molecule has 84 valence electrons. The summed E-state index contributed by atoms with van der Waals surface area (Å²) in [5, 5.41) is 2.15. The van der Waals surface area contributed by atoms with Gasteiger partial charge in [-0.3, -0.25) is 0 Å². The van der Waals surface area contributed by atoms with Crippen molar-refractivity contribution in [2.45, 2.75) is 32.2 Å². The van der Waals surface area contributed by atoms with Crippen LogP contribution in [0.1, 0.15) is 35.8 Å². The van der Waals surface area contributed by atoms with Gasteiger partial charge in [-0.05, 0) is 30.7 Å². The second-order valence-corrected chi connectivity index (χ2v) is 5.22. The highest BCUT2D eigenvalue weighted by atomic mass is 32.1. The van der Waals surface area contributed by atoms with Gasteiger partial charge in [-0.1, -0.05) is 6.92 Å². The molecule has 1 aliphatic rings. The smallest absolute Gasteiger partial charge is 0.123 e. The molecule has 16 heavy (non-hydrogen) atoms. The lowest BCUT2D eigenvalue weighted by Gasteiger charge is -2.09. The van der Waals surface area contributed by atoms with Gasteiger partial charge in [-0.25, -0.2) is 4.98 Å². The lowest BCUT2D eigenvalue weighted by atomic mass is 10.0. The number of hydrogen-bond donors (Lipinski definition) is 2. The Bertz CT molecular complexity index is 512. The molecule has 3 N–H and O–H groups in total. The van der Waals surface area contributed by atoms with Crippen LogP contribution in [0.3, 0.4) is 0 Å². The van der Waals surface area contributed by atoms with E-state index >= 15 is 0 Å². The van der Waals surface area contributed by atoms with Crippen molar-refractivity contribution in [3.63, 3.8) is 0 Å². The van der Waals surface area contributed by atoms with Crippen molar-refractivity contribution < 1.29 is 0 Å². The van der Waals surface area contributed by atoms with Gasteiger partial charge in [-0.15, -0.1) is 11.3 Å². The third kappa shape index (κ3) is 1.41. The molecule has 2 heterocycles. The SMILES string of the molecule is CCC(N)c1nc2c([nH]1)CCc1sccc1-2. The molecular weight excluding hydrogens is 218 g/mol. The van der Waals surface area contributed by atoms with Gasteiger partial charge in [0.15, 0.2) is 0 Å². The van der Waals surface area contributed by atoms with Gasteiger partial charge >= 0.3 is 0 Å². The molecule has 0 amide bonds. The average Bonchev–Trinajstić information content (AvgIpc) is 2.92. The van der Waals surface area contributed by atoms with Crippen LogP contribution in [0.2, 0.25) is 0 Å². The third-order valence-electron chi connectivity index (χ3n) is 3.19. The maximum absolute atomic E-state index is 6.01. The van der Waals surface area contributed by atoms with Gasteiger partial charge in [0.05, 0.1) is 11.7 Å². The first kappa shape index (κ1) is 10.1. The fourth-order valence-corrected chi connectivity index (χ4v) is 3.07. The minimum Gasteiger partial charge on any atom is -0.344 e. The molecule has 0 aliphatic heterocycles. The highest BCUT2D eigenvalue weighted by Gasteiger charge is 2.22. The molecule has 0 fully saturated rings. The van der Waals surface area contributed by atoms with Crippen LogP contribution in [0.15, 0.2) is 11.4 Å². The number of nitrogens with two attached hydrogens (primary N) is 1. The highest BCUT2D eigenvalue weighted by molar-refractivity contribution is 7.10. The summed E-state index contributed by atoms with van der Waals surface area (Å²) in [6, 6.07) is 2.20. The number of aromatic nitrogens is 2. The average molecular weight is 233 g/mol. The summed E-state index contributed by atoms with van der Waals surface area (Å²) in [6.07, 6.45) is 3.11. The van der Waals surface area contributed by atoms with Gasteiger partial charge in [0.2, 0.25) is 0 Å². The maximum Gasteiger partial charge on any atom is 0.123 e. The number of imidazole rings is 1. The Morgan fingerprint density at radius 1 is 1.56 bits per heavy atom. The van der Waals surface area contributed by atoms with Crippen LogP contribution in [0.25, 0.3) is 11.3 Å². The van der Waals surface area contributed by atoms with Gasteiger partial charge in [-0.2, -0.15) is 0 Å². The summed E-state index contributed by atoms with van der Waals surface area (Å²) in [4.78, 5) is 9.50. The number of rotatable bonds is 2. The molecule has 1 unspecified atom stereocenters. The van der Waals surface area contributed by atoms with Gasteiger partial charge in [0, 0.05) is 16.1 Å². The number of H-pyrrole nitrogens is 1. The van der Waals surface area contributed by atoms with Crippen LogP contribution in [0.5, 0.6) is 0 Å². The fraction of sp³-hybridized carbons (Fsp3) is 0.417. The second-order valence-electron chi connectivity index (χ2n) is 4.22. The summed E-state index contributed by atoms with van der Waals surface area (Å²) >= 11 is 1.83.